The number of ether oxygens (including phenoxy) is 3. The highest BCUT2D eigenvalue weighted by Gasteiger charge is 2.22. The van der Waals surface area contributed by atoms with E-state index in [1.54, 1.807) is 24.3 Å². The molecule has 1 aliphatic heterocycles. The molecule has 2 aromatic heterocycles. The fourth-order valence-electron chi connectivity index (χ4n) is 4.22. The molecular weight excluding hydrogens is 436 g/mol. The van der Waals surface area contributed by atoms with E-state index in [9.17, 15) is 9.59 Å². The van der Waals surface area contributed by atoms with Gasteiger partial charge in [-0.1, -0.05) is 11.2 Å². The monoisotopic (exact) mass is 466 g/mol. The van der Waals surface area contributed by atoms with Crippen LogP contribution in [-0.2, 0) is 22.6 Å². The molecule has 4 rings (SSSR count). The second kappa shape index (κ2) is 10.3. The summed E-state index contributed by atoms with van der Waals surface area (Å²) in [7, 11) is 0. The normalized spacial score (nSPS) is 15.5. The summed E-state index contributed by atoms with van der Waals surface area (Å²) >= 11 is 0. The molecule has 0 saturated carbocycles. The van der Waals surface area contributed by atoms with Crippen molar-refractivity contribution in [1.82, 2.24) is 9.72 Å². The molecule has 180 valence electrons. The zero-order valence-corrected chi connectivity index (χ0v) is 20.1. The smallest absolute Gasteiger partial charge is 0.338 e. The molecule has 0 aliphatic carbocycles. The molecule has 1 saturated heterocycles. The first-order valence-corrected chi connectivity index (χ1v) is 11.5. The third-order valence-electron chi connectivity index (χ3n) is 6.25. The Bertz CT molecular complexity index is 1170. The Balaban J connectivity index is 1.35. The van der Waals surface area contributed by atoms with Crippen LogP contribution in [0.3, 0.4) is 0 Å². The van der Waals surface area contributed by atoms with Gasteiger partial charge in [0.2, 0.25) is 5.78 Å². The quantitative estimate of drug-likeness (QED) is 0.338. The third kappa shape index (κ3) is 5.22. The van der Waals surface area contributed by atoms with Gasteiger partial charge in [0.15, 0.2) is 6.61 Å². The molecule has 0 radical (unpaired) electrons. The predicted octanol–water partition coefficient (Wildman–Crippen LogP) is 4.51. The van der Waals surface area contributed by atoms with Gasteiger partial charge in [-0.3, -0.25) is 4.79 Å². The number of Topliss-reactive ketones (excluding diaryl/α,β-unsaturated/α-hetero) is 1. The Labute approximate surface area is 198 Å². The van der Waals surface area contributed by atoms with Crippen molar-refractivity contribution in [2.75, 3.05) is 13.2 Å². The fourth-order valence-corrected chi connectivity index (χ4v) is 4.22. The van der Waals surface area contributed by atoms with Crippen molar-refractivity contribution in [1.29, 1.82) is 0 Å². The summed E-state index contributed by atoms with van der Waals surface area (Å²) in [6.45, 7) is 9.02. The average Bonchev–Trinajstić information content (AvgIpc) is 3.53. The number of esters is 1. The number of aromatic nitrogens is 2. The van der Waals surface area contributed by atoms with Crippen LogP contribution in [0.15, 0.2) is 34.9 Å². The summed E-state index contributed by atoms with van der Waals surface area (Å²) in [6, 6.07) is 8.54. The number of ketones is 1. The van der Waals surface area contributed by atoms with Crippen LogP contribution in [0.4, 0.5) is 0 Å². The van der Waals surface area contributed by atoms with Crippen LogP contribution in [0.5, 0.6) is 5.75 Å². The van der Waals surface area contributed by atoms with E-state index in [1.807, 2.05) is 33.8 Å². The first-order chi connectivity index (χ1) is 16.3. The van der Waals surface area contributed by atoms with Gasteiger partial charge in [-0.15, -0.1) is 0 Å². The Kier molecular flexibility index (Phi) is 7.17. The van der Waals surface area contributed by atoms with E-state index < -0.39 is 5.97 Å². The van der Waals surface area contributed by atoms with Gasteiger partial charge >= 0.3 is 5.97 Å². The highest BCUT2D eigenvalue weighted by molar-refractivity contribution is 6.00. The van der Waals surface area contributed by atoms with E-state index in [0.29, 0.717) is 22.6 Å². The number of nitrogens with zero attached hydrogens (tertiary/aromatic N) is 2. The topological polar surface area (TPSA) is 92.8 Å². The molecule has 8 nitrogen and oxygen atoms in total. The van der Waals surface area contributed by atoms with Crippen LogP contribution in [0.2, 0.25) is 0 Å². The number of benzene rings is 1. The number of rotatable bonds is 9. The summed E-state index contributed by atoms with van der Waals surface area (Å²) in [5.41, 5.74) is 4.37. The van der Waals surface area contributed by atoms with Crippen LogP contribution in [0, 0.1) is 27.7 Å². The van der Waals surface area contributed by atoms with E-state index >= 15 is 0 Å². The Morgan fingerprint density at radius 1 is 1.18 bits per heavy atom. The molecule has 0 spiro atoms. The van der Waals surface area contributed by atoms with E-state index in [-0.39, 0.29) is 25.1 Å². The van der Waals surface area contributed by atoms with Gasteiger partial charge in [0.1, 0.15) is 18.1 Å². The minimum atomic E-state index is -0.579. The molecule has 3 aromatic rings. The number of hydrogen-bond donors (Lipinski definition) is 0. The SMILES string of the molecule is Cc1noc(C)c1COc1cccc(C(=O)OCC(=O)c2cc(C)n(CC3CCCO3)c2C)c1. The van der Waals surface area contributed by atoms with E-state index in [2.05, 4.69) is 9.72 Å². The van der Waals surface area contributed by atoms with Crippen LogP contribution in [-0.4, -0.2) is 40.8 Å². The molecule has 0 N–H and O–H groups in total. The molecule has 1 aliphatic rings. The maximum atomic E-state index is 12.8. The summed E-state index contributed by atoms with van der Waals surface area (Å²) in [5, 5.41) is 3.91. The molecule has 0 bridgehead atoms. The van der Waals surface area contributed by atoms with Gasteiger partial charge in [-0.25, -0.2) is 4.79 Å². The van der Waals surface area contributed by atoms with Crippen molar-refractivity contribution >= 4 is 11.8 Å². The molecule has 1 aromatic carbocycles. The van der Waals surface area contributed by atoms with E-state index in [0.717, 1.165) is 48.6 Å². The second-order valence-corrected chi connectivity index (χ2v) is 8.65. The Hall–Kier alpha value is -3.39. The van der Waals surface area contributed by atoms with Crippen molar-refractivity contribution in [2.24, 2.45) is 0 Å². The van der Waals surface area contributed by atoms with Crippen molar-refractivity contribution in [3.63, 3.8) is 0 Å². The number of carbonyl (C=O) groups excluding carboxylic acids is 2. The summed E-state index contributed by atoms with van der Waals surface area (Å²) in [5.74, 6) is 0.398. The molecule has 34 heavy (non-hydrogen) atoms. The van der Waals surface area contributed by atoms with Gasteiger partial charge in [-0.05, 0) is 64.8 Å². The van der Waals surface area contributed by atoms with Crippen molar-refractivity contribution in [3.05, 3.63) is 69.9 Å². The fraction of sp³-hybridized carbons (Fsp3) is 0.423. The van der Waals surface area contributed by atoms with Gasteiger partial charge < -0.3 is 23.3 Å². The Morgan fingerprint density at radius 2 is 2.00 bits per heavy atom. The molecular formula is C26H30N2O6. The van der Waals surface area contributed by atoms with Crippen molar-refractivity contribution < 1.29 is 28.3 Å². The summed E-state index contributed by atoms with van der Waals surface area (Å²) in [6.07, 6.45) is 2.27. The van der Waals surface area contributed by atoms with Crippen LogP contribution in [0.25, 0.3) is 0 Å². The minimum Gasteiger partial charge on any atom is -0.489 e. The second-order valence-electron chi connectivity index (χ2n) is 8.65. The number of hydrogen-bond acceptors (Lipinski definition) is 7. The Morgan fingerprint density at radius 3 is 2.71 bits per heavy atom. The lowest BCUT2D eigenvalue weighted by molar-refractivity contribution is 0.0474. The zero-order valence-electron chi connectivity index (χ0n) is 20.1. The lowest BCUT2D eigenvalue weighted by Gasteiger charge is -2.14. The lowest BCUT2D eigenvalue weighted by atomic mass is 10.1. The molecule has 1 unspecified atom stereocenters. The van der Waals surface area contributed by atoms with Gasteiger partial charge in [0.05, 0.1) is 22.9 Å². The van der Waals surface area contributed by atoms with Gasteiger partial charge in [-0.2, -0.15) is 0 Å². The average molecular weight is 467 g/mol. The minimum absolute atomic E-state index is 0.178. The van der Waals surface area contributed by atoms with Gasteiger partial charge in [0.25, 0.3) is 0 Å². The predicted molar refractivity (Wildman–Crippen MR) is 124 cm³/mol. The largest absolute Gasteiger partial charge is 0.489 e. The molecule has 8 heteroatoms. The summed E-state index contributed by atoms with van der Waals surface area (Å²) in [4.78, 5) is 25.4. The highest BCUT2D eigenvalue weighted by Crippen LogP contribution is 2.22. The standard InChI is InChI=1S/C26H30N2O6/c1-16-11-23(18(3)28(16)13-22-9-6-10-31-22)25(29)15-33-26(30)20-7-5-8-21(12-20)32-14-24-17(2)27-34-19(24)4/h5,7-8,11-12,22H,6,9-10,13-15H2,1-4H3. The van der Waals surface area contributed by atoms with Gasteiger partial charge in [0, 0.05) is 30.1 Å². The van der Waals surface area contributed by atoms with Crippen molar-refractivity contribution in [3.8, 4) is 5.75 Å². The molecule has 3 heterocycles. The maximum absolute atomic E-state index is 12.8. The molecule has 0 amide bonds. The molecule has 1 fully saturated rings. The number of carbonyl (C=O) groups is 2. The first kappa shape index (κ1) is 23.8. The van der Waals surface area contributed by atoms with Crippen LogP contribution >= 0.6 is 0 Å². The summed E-state index contributed by atoms with van der Waals surface area (Å²) < 4.78 is 24.1. The third-order valence-corrected chi connectivity index (χ3v) is 6.25. The first-order valence-electron chi connectivity index (χ1n) is 11.5. The van der Waals surface area contributed by atoms with Crippen LogP contribution < -0.4 is 4.74 Å². The van der Waals surface area contributed by atoms with Crippen molar-refractivity contribution in [2.45, 2.75) is 59.8 Å². The highest BCUT2D eigenvalue weighted by atomic mass is 16.5. The number of aryl methyl sites for hydroxylation is 3. The molecule has 1 atom stereocenters. The van der Waals surface area contributed by atoms with E-state index in [4.69, 9.17) is 18.7 Å². The van der Waals surface area contributed by atoms with E-state index in [1.165, 1.54) is 0 Å². The zero-order chi connectivity index (χ0) is 24.2. The van der Waals surface area contributed by atoms with Crippen LogP contribution in [0.1, 0.15) is 62.0 Å². The maximum Gasteiger partial charge on any atom is 0.338 e. The lowest BCUT2D eigenvalue weighted by Crippen LogP contribution is -2.18.